The van der Waals surface area contributed by atoms with Crippen LogP contribution in [0.2, 0.25) is 0 Å². The van der Waals surface area contributed by atoms with Crippen molar-refractivity contribution < 1.29 is 9.59 Å². The number of amides is 3. The van der Waals surface area contributed by atoms with E-state index < -0.39 is 0 Å². The van der Waals surface area contributed by atoms with Crippen LogP contribution >= 0.6 is 0 Å². The molecule has 1 heterocycles. The molecule has 1 aliphatic heterocycles. The van der Waals surface area contributed by atoms with E-state index in [4.69, 9.17) is 0 Å². The van der Waals surface area contributed by atoms with Gasteiger partial charge in [0.2, 0.25) is 0 Å². The van der Waals surface area contributed by atoms with Gasteiger partial charge in [0.15, 0.2) is 0 Å². The molecule has 3 amide bonds. The van der Waals surface area contributed by atoms with E-state index in [9.17, 15) is 9.59 Å². The van der Waals surface area contributed by atoms with Crippen LogP contribution in [0, 0.1) is 5.92 Å². The number of nitrogens with zero attached hydrogens (tertiary/aromatic N) is 2. The molecular formula is C18H25N3O2. The van der Waals surface area contributed by atoms with Crippen LogP contribution in [-0.2, 0) is 0 Å². The summed E-state index contributed by atoms with van der Waals surface area (Å²) in [6.07, 6.45) is 3.24. The summed E-state index contributed by atoms with van der Waals surface area (Å²) in [5.74, 6) is 0.679. The van der Waals surface area contributed by atoms with E-state index >= 15 is 0 Å². The van der Waals surface area contributed by atoms with E-state index in [1.165, 1.54) is 0 Å². The van der Waals surface area contributed by atoms with Crippen LogP contribution in [0.1, 0.15) is 43.5 Å². The number of hydrogen-bond donors (Lipinski definition) is 1. The van der Waals surface area contributed by atoms with Crippen LogP contribution in [0.5, 0.6) is 0 Å². The van der Waals surface area contributed by atoms with E-state index in [0.717, 1.165) is 31.5 Å². The monoisotopic (exact) mass is 315 g/mol. The Labute approximate surface area is 137 Å². The summed E-state index contributed by atoms with van der Waals surface area (Å²) in [6.45, 7) is 6.48. The van der Waals surface area contributed by atoms with Crippen molar-refractivity contribution in [2.45, 2.75) is 39.2 Å². The second-order valence-electron chi connectivity index (χ2n) is 6.85. The molecule has 0 aromatic heterocycles. The van der Waals surface area contributed by atoms with Crippen molar-refractivity contribution in [1.82, 2.24) is 10.2 Å². The zero-order chi connectivity index (χ0) is 16.4. The van der Waals surface area contributed by atoms with Gasteiger partial charge in [0.05, 0.1) is 0 Å². The number of rotatable bonds is 6. The highest BCUT2D eigenvalue weighted by Crippen LogP contribution is 2.29. The van der Waals surface area contributed by atoms with Crippen LogP contribution in [0.3, 0.4) is 0 Å². The predicted octanol–water partition coefficient (Wildman–Crippen LogP) is 2.87. The molecule has 1 saturated heterocycles. The first-order valence-electron chi connectivity index (χ1n) is 8.52. The molecule has 124 valence electrons. The van der Waals surface area contributed by atoms with Crippen LogP contribution in [0.4, 0.5) is 10.5 Å². The van der Waals surface area contributed by atoms with E-state index in [2.05, 4.69) is 19.2 Å². The highest BCUT2D eigenvalue weighted by Gasteiger charge is 2.33. The molecule has 3 rings (SSSR count). The van der Waals surface area contributed by atoms with E-state index in [1.807, 2.05) is 29.2 Å². The van der Waals surface area contributed by atoms with Gasteiger partial charge in [-0.3, -0.25) is 9.69 Å². The van der Waals surface area contributed by atoms with Crippen molar-refractivity contribution in [3.8, 4) is 0 Å². The van der Waals surface area contributed by atoms with Gasteiger partial charge in [0.25, 0.3) is 5.91 Å². The molecule has 0 spiro atoms. The number of carbonyl (C=O) groups is 2. The summed E-state index contributed by atoms with van der Waals surface area (Å²) in [5.41, 5.74) is 1.48. The Balaban J connectivity index is 1.76. The summed E-state index contributed by atoms with van der Waals surface area (Å²) in [6, 6.07) is 7.76. The van der Waals surface area contributed by atoms with E-state index in [-0.39, 0.29) is 11.9 Å². The summed E-state index contributed by atoms with van der Waals surface area (Å²) in [7, 11) is 0. The average molecular weight is 315 g/mol. The fourth-order valence-corrected chi connectivity index (χ4v) is 2.92. The normalized spacial score (nSPS) is 17.5. The lowest BCUT2D eigenvalue weighted by atomic mass is 10.1. The highest BCUT2D eigenvalue weighted by molar-refractivity contribution is 5.98. The number of hydrogen-bond acceptors (Lipinski definition) is 2. The minimum Gasteiger partial charge on any atom is -0.336 e. The molecule has 0 atom stereocenters. The number of urea groups is 1. The second kappa shape index (κ2) is 6.60. The van der Waals surface area contributed by atoms with Gasteiger partial charge in [-0.1, -0.05) is 19.9 Å². The fourth-order valence-electron chi connectivity index (χ4n) is 2.92. The molecule has 0 radical (unpaired) electrons. The number of nitrogens with one attached hydrogen (secondary N) is 1. The standard InChI is InChI=1S/C18H25N3O2/c1-13(2)8-10-20(15-6-7-15)17(22)14-4-3-5-16(12-14)21-11-9-19-18(21)23/h3-5,12-13,15H,6-11H2,1-2H3,(H,19,23). The zero-order valence-corrected chi connectivity index (χ0v) is 13.9. The van der Waals surface area contributed by atoms with Crippen molar-refractivity contribution in [2.75, 3.05) is 24.5 Å². The SMILES string of the molecule is CC(C)CCN(C(=O)c1cccc(N2CCNC2=O)c1)C1CC1. The van der Waals surface area contributed by atoms with Gasteiger partial charge in [-0.15, -0.1) is 0 Å². The minimum atomic E-state index is -0.0894. The van der Waals surface area contributed by atoms with Gasteiger partial charge < -0.3 is 10.2 Å². The van der Waals surface area contributed by atoms with Gasteiger partial charge in [-0.25, -0.2) is 4.79 Å². The lowest BCUT2D eigenvalue weighted by Gasteiger charge is -2.24. The van der Waals surface area contributed by atoms with Gasteiger partial charge in [-0.2, -0.15) is 0 Å². The largest absolute Gasteiger partial charge is 0.336 e. The third-order valence-electron chi connectivity index (χ3n) is 4.46. The van der Waals surface area contributed by atoms with Crippen molar-refractivity contribution >= 4 is 17.6 Å². The molecule has 1 aromatic carbocycles. The molecule has 23 heavy (non-hydrogen) atoms. The molecule has 2 aliphatic rings. The maximum Gasteiger partial charge on any atom is 0.321 e. The number of carbonyl (C=O) groups excluding carboxylic acids is 2. The first kappa shape index (κ1) is 15.8. The first-order valence-corrected chi connectivity index (χ1v) is 8.52. The second-order valence-corrected chi connectivity index (χ2v) is 6.85. The topological polar surface area (TPSA) is 52.7 Å². The Hall–Kier alpha value is -2.04. The lowest BCUT2D eigenvalue weighted by Crippen LogP contribution is -2.35. The smallest absolute Gasteiger partial charge is 0.321 e. The lowest BCUT2D eigenvalue weighted by molar-refractivity contribution is 0.0735. The van der Waals surface area contributed by atoms with E-state index in [0.29, 0.717) is 30.6 Å². The first-order chi connectivity index (χ1) is 11.1. The molecular weight excluding hydrogens is 290 g/mol. The van der Waals surface area contributed by atoms with Crippen molar-refractivity contribution in [3.05, 3.63) is 29.8 Å². The van der Waals surface area contributed by atoms with Gasteiger partial charge >= 0.3 is 6.03 Å². The molecule has 5 heteroatoms. The van der Waals surface area contributed by atoms with Crippen LogP contribution in [-0.4, -0.2) is 42.5 Å². The van der Waals surface area contributed by atoms with Crippen molar-refractivity contribution in [3.63, 3.8) is 0 Å². The molecule has 1 N–H and O–H groups in total. The highest BCUT2D eigenvalue weighted by atomic mass is 16.2. The molecule has 1 saturated carbocycles. The Morgan fingerprint density at radius 3 is 2.78 bits per heavy atom. The fraction of sp³-hybridized carbons (Fsp3) is 0.556. The molecule has 1 aromatic rings. The number of anilines is 1. The average Bonchev–Trinajstić information content (AvgIpc) is 3.28. The predicted molar refractivity (Wildman–Crippen MR) is 90.7 cm³/mol. The van der Waals surface area contributed by atoms with Crippen LogP contribution < -0.4 is 10.2 Å². The maximum absolute atomic E-state index is 12.9. The Morgan fingerprint density at radius 1 is 1.39 bits per heavy atom. The van der Waals surface area contributed by atoms with Crippen molar-refractivity contribution in [2.24, 2.45) is 5.92 Å². The third kappa shape index (κ3) is 3.66. The molecule has 5 nitrogen and oxygen atoms in total. The summed E-state index contributed by atoms with van der Waals surface area (Å²) in [5, 5.41) is 2.79. The van der Waals surface area contributed by atoms with Crippen molar-refractivity contribution in [1.29, 1.82) is 0 Å². The maximum atomic E-state index is 12.9. The Bertz CT molecular complexity index is 596. The summed E-state index contributed by atoms with van der Waals surface area (Å²) < 4.78 is 0. The van der Waals surface area contributed by atoms with E-state index in [1.54, 1.807) is 4.90 Å². The number of benzene rings is 1. The van der Waals surface area contributed by atoms with Gasteiger partial charge in [-0.05, 0) is 43.4 Å². The molecule has 1 aliphatic carbocycles. The summed E-state index contributed by atoms with van der Waals surface area (Å²) >= 11 is 0. The van der Waals surface area contributed by atoms with Crippen LogP contribution in [0.15, 0.2) is 24.3 Å². The third-order valence-corrected chi connectivity index (χ3v) is 4.46. The Morgan fingerprint density at radius 2 is 2.17 bits per heavy atom. The quantitative estimate of drug-likeness (QED) is 0.877. The minimum absolute atomic E-state index is 0.0894. The zero-order valence-electron chi connectivity index (χ0n) is 13.9. The molecule has 0 bridgehead atoms. The van der Waals surface area contributed by atoms with Crippen LogP contribution in [0.25, 0.3) is 0 Å². The Kier molecular flexibility index (Phi) is 4.55. The molecule has 0 unspecified atom stereocenters. The summed E-state index contributed by atoms with van der Waals surface area (Å²) in [4.78, 5) is 28.4. The van der Waals surface area contributed by atoms with Gasteiger partial charge in [0.1, 0.15) is 0 Å². The van der Waals surface area contributed by atoms with Gasteiger partial charge in [0, 0.05) is 36.9 Å². The molecule has 2 fully saturated rings.